The van der Waals surface area contributed by atoms with Crippen LogP contribution in [0.5, 0.6) is 0 Å². The van der Waals surface area contributed by atoms with Crippen LogP contribution in [0.4, 0.5) is 0 Å². The van der Waals surface area contributed by atoms with Crippen molar-refractivity contribution in [2.75, 3.05) is 0 Å². The van der Waals surface area contributed by atoms with Crippen LogP contribution < -0.4 is 0 Å². The Morgan fingerprint density at radius 2 is 2.67 bits per heavy atom. The summed E-state index contributed by atoms with van der Waals surface area (Å²) in [4.78, 5) is 4.10. The Hall–Kier alpha value is -0.0200. The molecule has 0 amide bonds. The fourth-order valence-corrected chi connectivity index (χ4v) is 1.41. The highest BCUT2D eigenvalue weighted by Crippen LogP contribution is 2.21. The highest BCUT2D eigenvalue weighted by atomic mass is 32.1. The lowest BCUT2D eigenvalue weighted by Crippen LogP contribution is -1.85. The molecule has 1 aromatic heterocycles. The Bertz CT molecular complexity index is 160. The largest absolute Gasteiger partial charge is 0.249 e. The van der Waals surface area contributed by atoms with Crippen LogP contribution >= 0.6 is 24.0 Å². The standard InChI is InChI=1S/C6H8NS2/c1-2-6(8)5-3-9-4-7-5/h3-4,6H,2H2,1H3. The van der Waals surface area contributed by atoms with E-state index in [1.807, 2.05) is 10.9 Å². The van der Waals surface area contributed by atoms with Crippen LogP contribution in [0.15, 0.2) is 10.9 Å². The van der Waals surface area contributed by atoms with Gasteiger partial charge in [-0.05, 0) is 6.42 Å². The summed E-state index contributed by atoms with van der Waals surface area (Å²) in [5.74, 6) is 0. The van der Waals surface area contributed by atoms with E-state index in [9.17, 15) is 0 Å². The molecule has 0 aliphatic heterocycles. The van der Waals surface area contributed by atoms with Gasteiger partial charge >= 0.3 is 0 Å². The molecule has 1 rings (SSSR count). The van der Waals surface area contributed by atoms with Crippen molar-refractivity contribution in [3.8, 4) is 0 Å². The predicted molar refractivity (Wildman–Crippen MR) is 42.7 cm³/mol. The van der Waals surface area contributed by atoms with E-state index < -0.39 is 0 Å². The Kier molecular flexibility index (Phi) is 2.54. The Morgan fingerprint density at radius 1 is 1.89 bits per heavy atom. The molecule has 0 fully saturated rings. The zero-order valence-corrected chi connectivity index (χ0v) is 6.84. The molecule has 1 unspecified atom stereocenters. The van der Waals surface area contributed by atoms with Crippen LogP contribution in [0.25, 0.3) is 0 Å². The van der Waals surface area contributed by atoms with Crippen molar-refractivity contribution in [1.29, 1.82) is 0 Å². The number of aromatic nitrogens is 1. The van der Waals surface area contributed by atoms with E-state index in [4.69, 9.17) is 12.6 Å². The van der Waals surface area contributed by atoms with Crippen LogP contribution in [0, 0.1) is 0 Å². The van der Waals surface area contributed by atoms with Crippen molar-refractivity contribution < 1.29 is 0 Å². The van der Waals surface area contributed by atoms with Crippen LogP contribution in [0.2, 0.25) is 0 Å². The fourth-order valence-electron chi connectivity index (χ4n) is 0.590. The maximum Gasteiger partial charge on any atom is 0.0795 e. The third-order valence-electron chi connectivity index (χ3n) is 1.15. The summed E-state index contributed by atoms with van der Waals surface area (Å²) in [6, 6.07) is 0. The van der Waals surface area contributed by atoms with Gasteiger partial charge in [0.1, 0.15) is 0 Å². The zero-order valence-electron chi connectivity index (χ0n) is 5.20. The highest BCUT2D eigenvalue weighted by Gasteiger charge is 2.04. The smallest absolute Gasteiger partial charge is 0.0795 e. The van der Waals surface area contributed by atoms with Crippen LogP contribution in [0.1, 0.15) is 24.3 Å². The number of hydrogen-bond acceptors (Lipinski definition) is 2. The monoisotopic (exact) mass is 158 g/mol. The van der Waals surface area contributed by atoms with E-state index in [0.29, 0.717) is 0 Å². The van der Waals surface area contributed by atoms with Gasteiger partial charge in [-0.15, -0.1) is 11.3 Å². The minimum Gasteiger partial charge on any atom is -0.249 e. The van der Waals surface area contributed by atoms with Gasteiger partial charge in [0.2, 0.25) is 0 Å². The van der Waals surface area contributed by atoms with E-state index in [1.54, 1.807) is 11.3 Å². The van der Waals surface area contributed by atoms with Gasteiger partial charge in [0, 0.05) is 5.38 Å². The third-order valence-corrected chi connectivity index (χ3v) is 2.33. The van der Waals surface area contributed by atoms with Gasteiger partial charge in [-0.2, -0.15) is 0 Å². The molecule has 0 aromatic carbocycles. The molecule has 0 bridgehead atoms. The lowest BCUT2D eigenvalue weighted by atomic mass is 10.3. The van der Waals surface area contributed by atoms with E-state index in [2.05, 4.69) is 11.9 Å². The van der Waals surface area contributed by atoms with Crippen molar-refractivity contribution in [3.05, 3.63) is 16.6 Å². The summed E-state index contributed by atoms with van der Waals surface area (Å²) in [7, 11) is 0. The third kappa shape index (κ3) is 1.69. The molecule has 3 heteroatoms. The Balaban J connectivity index is 2.65. The van der Waals surface area contributed by atoms with Crippen molar-refractivity contribution >= 4 is 24.0 Å². The second-order valence-electron chi connectivity index (χ2n) is 1.81. The minimum atomic E-state index is 0.219. The molecule has 0 aliphatic carbocycles. The Morgan fingerprint density at radius 3 is 3.11 bits per heavy atom. The minimum absolute atomic E-state index is 0.219. The van der Waals surface area contributed by atoms with Gasteiger partial charge in [-0.3, -0.25) is 0 Å². The maximum atomic E-state index is 5.10. The molecule has 49 valence electrons. The number of nitrogens with zero attached hydrogens (tertiary/aromatic N) is 1. The van der Waals surface area contributed by atoms with Crippen LogP contribution in [0.3, 0.4) is 0 Å². The number of hydrogen-bond donors (Lipinski definition) is 0. The summed E-state index contributed by atoms with van der Waals surface area (Å²) in [5, 5.41) is 2.23. The topological polar surface area (TPSA) is 12.9 Å². The van der Waals surface area contributed by atoms with Gasteiger partial charge in [0.05, 0.1) is 16.5 Å². The summed E-state index contributed by atoms with van der Waals surface area (Å²) in [6.45, 7) is 2.08. The first-order chi connectivity index (χ1) is 4.34. The second-order valence-corrected chi connectivity index (χ2v) is 3.10. The number of rotatable bonds is 2. The van der Waals surface area contributed by atoms with Crippen molar-refractivity contribution in [1.82, 2.24) is 4.98 Å². The molecule has 1 atom stereocenters. The summed E-state index contributed by atoms with van der Waals surface area (Å²) >= 11 is 6.71. The summed E-state index contributed by atoms with van der Waals surface area (Å²) in [6.07, 6.45) is 0.999. The molecule has 0 saturated heterocycles. The van der Waals surface area contributed by atoms with Gasteiger partial charge in [0.15, 0.2) is 0 Å². The molecular formula is C6H8NS2. The molecule has 0 saturated carbocycles. The number of thiazole rings is 1. The maximum absolute atomic E-state index is 5.10. The van der Waals surface area contributed by atoms with Gasteiger partial charge < -0.3 is 0 Å². The fraction of sp³-hybridized carbons (Fsp3) is 0.500. The molecule has 0 spiro atoms. The molecule has 1 radical (unpaired) electrons. The van der Waals surface area contributed by atoms with E-state index in [1.165, 1.54) is 0 Å². The van der Waals surface area contributed by atoms with Crippen LogP contribution in [-0.4, -0.2) is 4.98 Å². The lowest BCUT2D eigenvalue weighted by molar-refractivity contribution is 0.874. The Labute approximate surface area is 64.5 Å². The second kappa shape index (κ2) is 3.22. The van der Waals surface area contributed by atoms with Gasteiger partial charge in [0.25, 0.3) is 0 Å². The average molecular weight is 158 g/mol. The van der Waals surface area contributed by atoms with Crippen LogP contribution in [-0.2, 0) is 0 Å². The summed E-state index contributed by atoms with van der Waals surface area (Å²) in [5.41, 5.74) is 2.88. The van der Waals surface area contributed by atoms with E-state index >= 15 is 0 Å². The highest BCUT2D eigenvalue weighted by molar-refractivity contribution is 7.80. The normalized spacial score (nSPS) is 13.6. The lowest BCUT2D eigenvalue weighted by Gasteiger charge is -1.98. The van der Waals surface area contributed by atoms with E-state index in [-0.39, 0.29) is 5.25 Å². The quantitative estimate of drug-likeness (QED) is 0.645. The molecule has 9 heavy (non-hydrogen) atoms. The first-order valence-electron chi connectivity index (χ1n) is 2.88. The molecular weight excluding hydrogens is 150 g/mol. The predicted octanol–water partition coefficient (Wildman–Crippen LogP) is 2.79. The average Bonchev–Trinajstić information content (AvgIpc) is 2.37. The first-order valence-corrected chi connectivity index (χ1v) is 4.30. The van der Waals surface area contributed by atoms with Crippen molar-refractivity contribution in [2.24, 2.45) is 0 Å². The molecule has 1 nitrogen and oxygen atoms in total. The molecule has 1 heterocycles. The zero-order chi connectivity index (χ0) is 6.69. The van der Waals surface area contributed by atoms with Crippen molar-refractivity contribution in [3.63, 3.8) is 0 Å². The molecule has 1 aromatic rings. The van der Waals surface area contributed by atoms with Gasteiger partial charge in [-0.25, -0.2) is 4.98 Å². The first kappa shape index (κ1) is 7.09. The van der Waals surface area contributed by atoms with Gasteiger partial charge in [-0.1, -0.05) is 19.6 Å². The molecule has 0 aliphatic rings. The molecule has 0 N–H and O–H groups in total. The van der Waals surface area contributed by atoms with Crippen molar-refractivity contribution in [2.45, 2.75) is 18.6 Å². The summed E-state index contributed by atoms with van der Waals surface area (Å²) < 4.78 is 0. The SMILES string of the molecule is CCC([S])c1cscn1. The van der Waals surface area contributed by atoms with E-state index in [0.717, 1.165) is 12.1 Å².